The summed E-state index contributed by atoms with van der Waals surface area (Å²) in [4.78, 5) is 14.4. The number of nitrogens with one attached hydrogen (secondary N) is 1. The summed E-state index contributed by atoms with van der Waals surface area (Å²) in [7, 11) is 0. The predicted octanol–water partition coefficient (Wildman–Crippen LogP) is 3.42. The standard InChI is InChI=1S/C16H22N2O/c1-10(2)9-18-14-8-12(4)11(3)7-13(14)17-16(5,6)15(18)19/h7-8,17H,1,9H2,2-6H3. The molecule has 1 aromatic carbocycles. The molecule has 19 heavy (non-hydrogen) atoms. The number of aryl methyl sites for hydroxylation is 2. The third-order valence-electron chi connectivity index (χ3n) is 3.56. The molecule has 0 atom stereocenters. The van der Waals surface area contributed by atoms with Gasteiger partial charge in [-0.1, -0.05) is 12.2 Å². The zero-order valence-electron chi connectivity index (χ0n) is 12.4. The van der Waals surface area contributed by atoms with E-state index in [-0.39, 0.29) is 5.91 Å². The van der Waals surface area contributed by atoms with Crippen LogP contribution >= 0.6 is 0 Å². The number of benzene rings is 1. The van der Waals surface area contributed by atoms with E-state index in [9.17, 15) is 4.79 Å². The van der Waals surface area contributed by atoms with E-state index in [1.165, 1.54) is 11.1 Å². The number of amides is 1. The molecule has 0 saturated heterocycles. The summed E-state index contributed by atoms with van der Waals surface area (Å²) < 4.78 is 0. The Morgan fingerprint density at radius 3 is 2.47 bits per heavy atom. The van der Waals surface area contributed by atoms with Crippen LogP contribution in [-0.2, 0) is 4.79 Å². The Kier molecular flexibility index (Phi) is 3.17. The van der Waals surface area contributed by atoms with Gasteiger partial charge in [-0.3, -0.25) is 4.79 Å². The topological polar surface area (TPSA) is 32.3 Å². The molecule has 0 radical (unpaired) electrons. The highest BCUT2D eigenvalue weighted by molar-refractivity contribution is 6.07. The maximum Gasteiger partial charge on any atom is 0.252 e. The van der Waals surface area contributed by atoms with Crippen LogP contribution in [-0.4, -0.2) is 18.0 Å². The second-order valence-corrected chi connectivity index (χ2v) is 6.05. The predicted molar refractivity (Wildman–Crippen MR) is 80.8 cm³/mol. The zero-order chi connectivity index (χ0) is 14.4. The monoisotopic (exact) mass is 258 g/mol. The largest absolute Gasteiger partial charge is 0.370 e. The van der Waals surface area contributed by atoms with E-state index in [2.05, 4.69) is 37.9 Å². The third-order valence-corrected chi connectivity index (χ3v) is 3.56. The quantitative estimate of drug-likeness (QED) is 0.824. The fraction of sp³-hybridized carbons (Fsp3) is 0.438. The van der Waals surface area contributed by atoms with E-state index >= 15 is 0 Å². The smallest absolute Gasteiger partial charge is 0.252 e. The number of fused-ring (bicyclic) bond motifs is 1. The van der Waals surface area contributed by atoms with Gasteiger partial charge >= 0.3 is 0 Å². The van der Waals surface area contributed by atoms with Crippen LogP contribution in [0.25, 0.3) is 0 Å². The molecule has 3 heteroatoms. The Bertz CT molecular complexity index is 558. The molecule has 1 aromatic rings. The number of carbonyl (C=O) groups is 1. The molecule has 1 N–H and O–H groups in total. The van der Waals surface area contributed by atoms with Gasteiger partial charge in [0.05, 0.1) is 11.4 Å². The number of hydrogen-bond acceptors (Lipinski definition) is 2. The molecule has 0 bridgehead atoms. The highest BCUT2D eigenvalue weighted by Gasteiger charge is 2.38. The molecule has 2 rings (SSSR count). The van der Waals surface area contributed by atoms with Crippen molar-refractivity contribution in [1.29, 1.82) is 0 Å². The average molecular weight is 258 g/mol. The number of anilines is 2. The minimum Gasteiger partial charge on any atom is -0.370 e. The van der Waals surface area contributed by atoms with Gasteiger partial charge in [0.15, 0.2) is 0 Å². The van der Waals surface area contributed by atoms with Crippen LogP contribution in [0.5, 0.6) is 0 Å². The van der Waals surface area contributed by atoms with Crippen molar-refractivity contribution < 1.29 is 4.79 Å². The van der Waals surface area contributed by atoms with E-state index in [0.717, 1.165) is 16.9 Å². The SMILES string of the molecule is C=C(C)CN1C(=O)C(C)(C)Nc2cc(C)c(C)cc21. The lowest BCUT2D eigenvalue weighted by atomic mass is 9.95. The summed E-state index contributed by atoms with van der Waals surface area (Å²) in [6, 6.07) is 4.19. The number of carbonyl (C=O) groups excluding carboxylic acids is 1. The zero-order valence-corrected chi connectivity index (χ0v) is 12.4. The molecule has 1 heterocycles. The summed E-state index contributed by atoms with van der Waals surface area (Å²) >= 11 is 0. The number of nitrogens with zero attached hydrogens (tertiary/aromatic N) is 1. The van der Waals surface area contributed by atoms with Crippen LogP contribution < -0.4 is 10.2 Å². The normalized spacial score (nSPS) is 16.9. The van der Waals surface area contributed by atoms with Gasteiger partial charge in [-0.15, -0.1) is 0 Å². The summed E-state index contributed by atoms with van der Waals surface area (Å²) in [5.41, 5.74) is 4.80. The molecule has 1 aliphatic heterocycles. The van der Waals surface area contributed by atoms with Gasteiger partial charge in [-0.05, 0) is 57.9 Å². The van der Waals surface area contributed by atoms with E-state index in [1.807, 2.05) is 25.7 Å². The van der Waals surface area contributed by atoms with Gasteiger partial charge < -0.3 is 10.2 Å². The maximum absolute atomic E-state index is 12.6. The van der Waals surface area contributed by atoms with Crippen LogP contribution in [0.1, 0.15) is 31.9 Å². The number of rotatable bonds is 2. The molecule has 1 aliphatic rings. The Balaban J connectivity index is 2.58. The maximum atomic E-state index is 12.6. The van der Waals surface area contributed by atoms with E-state index in [0.29, 0.717) is 6.54 Å². The first-order chi connectivity index (χ1) is 8.72. The minimum absolute atomic E-state index is 0.0891. The number of hydrogen-bond donors (Lipinski definition) is 1. The lowest BCUT2D eigenvalue weighted by molar-refractivity contribution is -0.122. The second-order valence-electron chi connectivity index (χ2n) is 6.05. The van der Waals surface area contributed by atoms with Crippen molar-refractivity contribution in [3.05, 3.63) is 35.4 Å². The molecule has 0 fully saturated rings. The fourth-order valence-electron chi connectivity index (χ4n) is 2.39. The van der Waals surface area contributed by atoms with Crippen LogP contribution in [0.3, 0.4) is 0 Å². The second kappa shape index (κ2) is 4.41. The van der Waals surface area contributed by atoms with Gasteiger partial charge in [0.2, 0.25) is 0 Å². The van der Waals surface area contributed by atoms with Crippen molar-refractivity contribution in [3.8, 4) is 0 Å². The molecule has 0 aromatic heterocycles. The molecular formula is C16H22N2O. The van der Waals surface area contributed by atoms with Gasteiger partial charge in [0, 0.05) is 6.54 Å². The van der Waals surface area contributed by atoms with Crippen LogP contribution in [0.15, 0.2) is 24.3 Å². The third kappa shape index (κ3) is 2.37. The van der Waals surface area contributed by atoms with E-state index < -0.39 is 5.54 Å². The first-order valence-electron chi connectivity index (χ1n) is 6.58. The van der Waals surface area contributed by atoms with Crippen molar-refractivity contribution in [3.63, 3.8) is 0 Å². The summed E-state index contributed by atoms with van der Waals surface area (Å²) in [6.45, 7) is 14.4. The van der Waals surface area contributed by atoms with Crippen molar-refractivity contribution in [2.75, 3.05) is 16.8 Å². The van der Waals surface area contributed by atoms with Crippen molar-refractivity contribution in [1.82, 2.24) is 0 Å². The van der Waals surface area contributed by atoms with Crippen LogP contribution in [0.4, 0.5) is 11.4 Å². The average Bonchev–Trinajstić information content (AvgIpc) is 2.27. The molecular weight excluding hydrogens is 236 g/mol. The van der Waals surface area contributed by atoms with Crippen molar-refractivity contribution in [2.24, 2.45) is 0 Å². The van der Waals surface area contributed by atoms with Gasteiger partial charge in [-0.25, -0.2) is 0 Å². The van der Waals surface area contributed by atoms with Gasteiger partial charge in [-0.2, -0.15) is 0 Å². The lowest BCUT2D eigenvalue weighted by Gasteiger charge is -2.40. The van der Waals surface area contributed by atoms with Crippen LogP contribution in [0, 0.1) is 13.8 Å². The Labute approximate surface area is 115 Å². The molecule has 1 amide bonds. The molecule has 102 valence electrons. The first kappa shape index (κ1) is 13.7. The molecule has 0 spiro atoms. The summed E-state index contributed by atoms with van der Waals surface area (Å²) in [6.07, 6.45) is 0. The Morgan fingerprint density at radius 2 is 1.89 bits per heavy atom. The van der Waals surface area contributed by atoms with Gasteiger partial charge in [0.25, 0.3) is 5.91 Å². The highest BCUT2D eigenvalue weighted by atomic mass is 16.2. The van der Waals surface area contributed by atoms with Gasteiger partial charge in [0.1, 0.15) is 5.54 Å². The fourth-order valence-corrected chi connectivity index (χ4v) is 2.39. The molecule has 3 nitrogen and oxygen atoms in total. The Hall–Kier alpha value is -1.77. The van der Waals surface area contributed by atoms with E-state index in [4.69, 9.17) is 0 Å². The first-order valence-corrected chi connectivity index (χ1v) is 6.58. The van der Waals surface area contributed by atoms with E-state index in [1.54, 1.807) is 0 Å². The van der Waals surface area contributed by atoms with Crippen molar-refractivity contribution in [2.45, 2.75) is 40.2 Å². The van der Waals surface area contributed by atoms with Crippen molar-refractivity contribution >= 4 is 17.3 Å². The summed E-state index contributed by atoms with van der Waals surface area (Å²) in [5, 5.41) is 3.34. The minimum atomic E-state index is -0.579. The molecule has 0 saturated carbocycles. The molecule has 0 unspecified atom stereocenters. The Morgan fingerprint density at radius 1 is 1.32 bits per heavy atom. The summed E-state index contributed by atoms with van der Waals surface area (Å²) in [5.74, 6) is 0.0891. The molecule has 0 aliphatic carbocycles. The highest BCUT2D eigenvalue weighted by Crippen LogP contribution is 2.37. The van der Waals surface area contributed by atoms with Crippen LogP contribution in [0.2, 0.25) is 0 Å². The lowest BCUT2D eigenvalue weighted by Crippen LogP contribution is -2.54.